The minimum Gasteiger partial charge on any atom is -0.465 e. The van der Waals surface area contributed by atoms with E-state index in [4.69, 9.17) is 4.74 Å². The van der Waals surface area contributed by atoms with Crippen LogP contribution in [0.2, 0.25) is 0 Å². The van der Waals surface area contributed by atoms with Crippen LogP contribution >= 0.6 is 15.9 Å². The minimum atomic E-state index is -3.87. The van der Waals surface area contributed by atoms with Crippen LogP contribution in [0.25, 0.3) is 0 Å². The van der Waals surface area contributed by atoms with Gasteiger partial charge in [0, 0.05) is 36.2 Å². The van der Waals surface area contributed by atoms with Crippen molar-refractivity contribution < 1.29 is 27.1 Å². The number of nitrogens with zero attached hydrogens (tertiary/aromatic N) is 2. The standard InChI is InChI=1S/C20H20BrFN2O5S/c1-29-20(26)17-13-16(7-8-18(17)21)30(27,28)24-10-2-9-23(11-12-24)19(25)14-3-5-15(22)6-4-14/h3-8,13H,2,9-12H2,1H3. The Bertz CT molecular complexity index is 1060. The van der Waals surface area contributed by atoms with Crippen LogP contribution in [0.5, 0.6) is 0 Å². The summed E-state index contributed by atoms with van der Waals surface area (Å²) in [4.78, 5) is 26.1. The Hall–Kier alpha value is -2.30. The van der Waals surface area contributed by atoms with Gasteiger partial charge in [0.1, 0.15) is 5.82 Å². The molecule has 7 nitrogen and oxygen atoms in total. The fourth-order valence-electron chi connectivity index (χ4n) is 3.19. The van der Waals surface area contributed by atoms with Crippen LogP contribution in [0.4, 0.5) is 4.39 Å². The van der Waals surface area contributed by atoms with E-state index in [1.165, 1.54) is 53.9 Å². The highest BCUT2D eigenvalue weighted by atomic mass is 79.9. The first-order valence-corrected chi connectivity index (χ1v) is 11.4. The normalized spacial score (nSPS) is 15.5. The summed E-state index contributed by atoms with van der Waals surface area (Å²) < 4.78 is 45.7. The lowest BCUT2D eigenvalue weighted by molar-refractivity contribution is 0.0599. The number of rotatable bonds is 4. The minimum absolute atomic E-state index is 0.0237. The lowest BCUT2D eigenvalue weighted by Crippen LogP contribution is -2.37. The monoisotopic (exact) mass is 498 g/mol. The molecule has 1 aliphatic heterocycles. The van der Waals surface area contributed by atoms with Gasteiger partial charge in [-0.05, 0) is 64.8 Å². The summed E-state index contributed by atoms with van der Waals surface area (Å²) in [6.45, 7) is 0.934. The van der Waals surface area contributed by atoms with Crippen LogP contribution in [0, 0.1) is 5.82 Å². The predicted molar refractivity (Wildman–Crippen MR) is 111 cm³/mol. The molecule has 2 aromatic carbocycles. The van der Waals surface area contributed by atoms with Crippen molar-refractivity contribution in [3.63, 3.8) is 0 Å². The Morgan fingerprint density at radius 2 is 1.73 bits per heavy atom. The molecule has 0 bridgehead atoms. The summed E-state index contributed by atoms with van der Waals surface area (Å²) in [7, 11) is -2.65. The lowest BCUT2D eigenvalue weighted by atomic mass is 10.2. The highest BCUT2D eigenvalue weighted by Gasteiger charge is 2.29. The van der Waals surface area contributed by atoms with Gasteiger partial charge in [-0.1, -0.05) is 0 Å². The molecule has 0 unspecified atom stereocenters. The van der Waals surface area contributed by atoms with Gasteiger partial charge >= 0.3 is 5.97 Å². The molecule has 10 heteroatoms. The Morgan fingerprint density at radius 1 is 1.03 bits per heavy atom. The van der Waals surface area contributed by atoms with E-state index in [0.717, 1.165) is 0 Å². The molecule has 0 radical (unpaired) electrons. The molecule has 2 aromatic rings. The van der Waals surface area contributed by atoms with Gasteiger partial charge in [-0.2, -0.15) is 4.31 Å². The third kappa shape index (κ3) is 4.71. The maximum Gasteiger partial charge on any atom is 0.339 e. The highest BCUT2D eigenvalue weighted by Crippen LogP contribution is 2.25. The molecule has 30 heavy (non-hydrogen) atoms. The number of methoxy groups -OCH3 is 1. The molecule has 1 amide bonds. The van der Waals surface area contributed by atoms with Crippen molar-refractivity contribution in [3.8, 4) is 0 Å². The Balaban J connectivity index is 1.78. The van der Waals surface area contributed by atoms with Crippen molar-refractivity contribution in [1.29, 1.82) is 0 Å². The van der Waals surface area contributed by atoms with Crippen molar-refractivity contribution in [2.24, 2.45) is 0 Å². The summed E-state index contributed by atoms with van der Waals surface area (Å²) in [5.41, 5.74) is 0.463. The Kier molecular flexibility index (Phi) is 6.89. The summed E-state index contributed by atoms with van der Waals surface area (Å²) in [6.07, 6.45) is 0.451. The molecule has 1 aliphatic rings. The van der Waals surface area contributed by atoms with E-state index in [0.29, 0.717) is 23.0 Å². The lowest BCUT2D eigenvalue weighted by Gasteiger charge is -2.22. The number of carbonyl (C=O) groups is 2. The molecule has 1 saturated heterocycles. The smallest absolute Gasteiger partial charge is 0.339 e. The van der Waals surface area contributed by atoms with Crippen molar-refractivity contribution in [3.05, 3.63) is 63.9 Å². The number of sulfonamides is 1. The Morgan fingerprint density at radius 3 is 2.40 bits per heavy atom. The second-order valence-corrected chi connectivity index (χ2v) is 9.48. The van der Waals surface area contributed by atoms with E-state index in [9.17, 15) is 22.4 Å². The van der Waals surface area contributed by atoms with Crippen LogP contribution in [0.1, 0.15) is 27.1 Å². The summed E-state index contributed by atoms with van der Waals surface area (Å²) in [5, 5.41) is 0. The zero-order valence-electron chi connectivity index (χ0n) is 16.2. The first-order valence-electron chi connectivity index (χ1n) is 9.17. The van der Waals surface area contributed by atoms with E-state index in [1.54, 1.807) is 4.90 Å². The zero-order chi connectivity index (χ0) is 21.9. The summed E-state index contributed by atoms with van der Waals surface area (Å²) in [6, 6.07) is 9.43. The summed E-state index contributed by atoms with van der Waals surface area (Å²) >= 11 is 3.22. The van der Waals surface area contributed by atoms with Crippen molar-refractivity contribution >= 4 is 37.8 Å². The fourth-order valence-corrected chi connectivity index (χ4v) is 5.10. The molecule has 160 valence electrons. The highest BCUT2D eigenvalue weighted by molar-refractivity contribution is 9.10. The molecular weight excluding hydrogens is 479 g/mol. The average Bonchev–Trinajstić information content (AvgIpc) is 3.00. The van der Waals surface area contributed by atoms with E-state index in [-0.39, 0.29) is 36.0 Å². The molecule has 0 atom stereocenters. The third-order valence-corrected chi connectivity index (χ3v) is 7.40. The SMILES string of the molecule is COC(=O)c1cc(S(=O)(=O)N2CCCN(C(=O)c3ccc(F)cc3)CC2)ccc1Br. The van der Waals surface area contributed by atoms with Crippen LogP contribution in [-0.2, 0) is 14.8 Å². The van der Waals surface area contributed by atoms with Crippen LogP contribution in [0.3, 0.4) is 0 Å². The molecule has 0 spiro atoms. The maximum atomic E-state index is 13.1. The number of ether oxygens (including phenoxy) is 1. The quantitative estimate of drug-likeness (QED) is 0.605. The van der Waals surface area contributed by atoms with Gasteiger partial charge in [0.25, 0.3) is 5.91 Å². The molecule has 0 saturated carbocycles. The fraction of sp³-hybridized carbons (Fsp3) is 0.300. The second kappa shape index (κ2) is 9.23. The van der Waals surface area contributed by atoms with Crippen LogP contribution in [-0.4, -0.2) is 62.8 Å². The number of amides is 1. The molecular formula is C20H20BrFN2O5S. The van der Waals surface area contributed by atoms with E-state index in [1.807, 2.05) is 0 Å². The maximum absolute atomic E-state index is 13.1. The van der Waals surface area contributed by atoms with Gasteiger partial charge in [0.05, 0.1) is 17.6 Å². The van der Waals surface area contributed by atoms with E-state index in [2.05, 4.69) is 15.9 Å². The average molecular weight is 499 g/mol. The number of benzene rings is 2. The van der Waals surface area contributed by atoms with Crippen LogP contribution < -0.4 is 0 Å². The number of hydrogen-bond donors (Lipinski definition) is 0. The van der Waals surface area contributed by atoms with E-state index >= 15 is 0 Å². The number of halogens is 2. The first-order chi connectivity index (χ1) is 14.2. The number of carbonyl (C=O) groups excluding carboxylic acids is 2. The number of hydrogen-bond acceptors (Lipinski definition) is 5. The zero-order valence-corrected chi connectivity index (χ0v) is 18.6. The molecule has 0 N–H and O–H groups in total. The van der Waals surface area contributed by atoms with Gasteiger partial charge in [-0.15, -0.1) is 0 Å². The van der Waals surface area contributed by atoms with Gasteiger partial charge < -0.3 is 9.64 Å². The number of esters is 1. The predicted octanol–water partition coefficient (Wildman–Crippen LogP) is 2.91. The molecule has 1 heterocycles. The Labute approximate surface area is 182 Å². The second-order valence-electron chi connectivity index (χ2n) is 6.69. The molecule has 3 rings (SSSR count). The topological polar surface area (TPSA) is 84.0 Å². The molecule has 0 aliphatic carbocycles. The van der Waals surface area contributed by atoms with Gasteiger partial charge in [0.2, 0.25) is 10.0 Å². The van der Waals surface area contributed by atoms with Crippen molar-refractivity contribution in [1.82, 2.24) is 9.21 Å². The van der Waals surface area contributed by atoms with Gasteiger partial charge in [-0.3, -0.25) is 4.79 Å². The molecule has 0 aromatic heterocycles. The molecule has 1 fully saturated rings. The van der Waals surface area contributed by atoms with Crippen molar-refractivity contribution in [2.75, 3.05) is 33.3 Å². The van der Waals surface area contributed by atoms with Gasteiger partial charge in [-0.25, -0.2) is 17.6 Å². The van der Waals surface area contributed by atoms with E-state index < -0.39 is 21.8 Å². The van der Waals surface area contributed by atoms with Crippen LogP contribution in [0.15, 0.2) is 51.8 Å². The van der Waals surface area contributed by atoms with Crippen molar-refractivity contribution in [2.45, 2.75) is 11.3 Å². The third-order valence-electron chi connectivity index (χ3n) is 4.81. The largest absolute Gasteiger partial charge is 0.465 e. The van der Waals surface area contributed by atoms with Gasteiger partial charge in [0.15, 0.2) is 0 Å². The summed E-state index contributed by atoms with van der Waals surface area (Å²) in [5.74, 6) is -1.35. The first kappa shape index (κ1) is 22.4.